The number of benzene rings is 1. The van der Waals surface area contributed by atoms with E-state index < -0.39 is 10.0 Å². The Labute approximate surface area is 132 Å². The van der Waals surface area contributed by atoms with Gasteiger partial charge in [0.15, 0.2) is 0 Å². The molecule has 0 aliphatic carbocycles. The standard InChI is InChI=1S/C15H22N2O2S2/c1-3-12-5-4-8-17(10-12)21(18,19)13-6-7-14(15(16)20)11(2)9-13/h6-7,9,12H,3-5,8,10H2,1-2H3,(H2,16,20). The minimum Gasteiger partial charge on any atom is -0.389 e. The molecule has 1 saturated heterocycles. The Morgan fingerprint density at radius 3 is 2.76 bits per heavy atom. The minimum absolute atomic E-state index is 0.292. The summed E-state index contributed by atoms with van der Waals surface area (Å²) < 4.78 is 27.1. The van der Waals surface area contributed by atoms with E-state index in [-0.39, 0.29) is 0 Å². The number of sulfonamides is 1. The maximum atomic E-state index is 12.7. The molecule has 6 heteroatoms. The summed E-state index contributed by atoms with van der Waals surface area (Å²) in [6.45, 7) is 5.17. The number of rotatable bonds is 4. The first-order valence-electron chi connectivity index (χ1n) is 7.27. The van der Waals surface area contributed by atoms with Crippen molar-refractivity contribution in [3.05, 3.63) is 29.3 Å². The lowest BCUT2D eigenvalue weighted by Crippen LogP contribution is -2.39. The fourth-order valence-electron chi connectivity index (χ4n) is 2.80. The average Bonchev–Trinajstić information content (AvgIpc) is 2.46. The van der Waals surface area contributed by atoms with Crippen molar-refractivity contribution in [3.8, 4) is 0 Å². The van der Waals surface area contributed by atoms with Crippen LogP contribution in [-0.2, 0) is 10.0 Å². The van der Waals surface area contributed by atoms with Crippen molar-refractivity contribution in [2.24, 2.45) is 11.7 Å². The molecular weight excluding hydrogens is 304 g/mol. The van der Waals surface area contributed by atoms with E-state index in [1.54, 1.807) is 22.5 Å². The van der Waals surface area contributed by atoms with Gasteiger partial charge >= 0.3 is 0 Å². The molecule has 1 aliphatic rings. The maximum absolute atomic E-state index is 12.7. The molecule has 1 aromatic carbocycles. The number of thiocarbonyl (C=S) groups is 1. The van der Waals surface area contributed by atoms with Gasteiger partial charge in [-0.25, -0.2) is 8.42 Å². The lowest BCUT2D eigenvalue weighted by atomic mass is 9.97. The highest BCUT2D eigenvalue weighted by Crippen LogP contribution is 2.26. The Bertz CT molecular complexity index is 641. The Kier molecular flexibility index (Phi) is 5.01. The predicted octanol–water partition coefficient (Wildman–Crippen LogP) is 2.44. The normalized spacial score (nSPS) is 20.4. The second-order valence-electron chi connectivity index (χ2n) is 5.62. The van der Waals surface area contributed by atoms with Crippen LogP contribution in [0.15, 0.2) is 23.1 Å². The number of hydrogen-bond donors (Lipinski definition) is 1. The Morgan fingerprint density at radius 1 is 1.48 bits per heavy atom. The highest BCUT2D eigenvalue weighted by Gasteiger charge is 2.29. The smallest absolute Gasteiger partial charge is 0.243 e. The average molecular weight is 326 g/mol. The van der Waals surface area contributed by atoms with Crippen molar-refractivity contribution >= 4 is 27.2 Å². The molecule has 0 spiro atoms. The molecule has 1 fully saturated rings. The summed E-state index contributed by atoms with van der Waals surface area (Å²) in [4.78, 5) is 0.622. The van der Waals surface area contributed by atoms with Crippen molar-refractivity contribution in [2.75, 3.05) is 13.1 Å². The van der Waals surface area contributed by atoms with Gasteiger partial charge in [-0.2, -0.15) is 4.31 Å². The number of nitrogens with zero attached hydrogens (tertiary/aromatic N) is 1. The van der Waals surface area contributed by atoms with Crippen LogP contribution in [0.1, 0.15) is 37.3 Å². The topological polar surface area (TPSA) is 63.4 Å². The monoisotopic (exact) mass is 326 g/mol. The molecule has 0 amide bonds. The molecule has 2 rings (SSSR count). The van der Waals surface area contributed by atoms with Gasteiger partial charge in [0.2, 0.25) is 10.0 Å². The molecule has 0 radical (unpaired) electrons. The summed E-state index contributed by atoms with van der Waals surface area (Å²) in [6, 6.07) is 4.97. The molecule has 4 nitrogen and oxygen atoms in total. The number of piperidine rings is 1. The van der Waals surface area contributed by atoms with Gasteiger partial charge in [0.25, 0.3) is 0 Å². The van der Waals surface area contributed by atoms with E-state index in [0.717, 1.165) is 30.4 Å². The van der Waals surface area contributed by atoms with E-state index in [9.17, 15) is 8.42 Å². The summed E-state index contributed by atoms with van der Waals surface area (Å²) in [5.74, 6) is 0.463. The Balaban J connectivity index is 2.31. The highest BCUT2D eigenvalue weighted by atomic mass is 32.2. The van der Waals surface area contributed by atoms with E-state index in [0.29, 0.717) is 28.9 Å². The van der Waals surface area contributed by atoms with Gasteiger partial charge in [-0.3, -0.25) is 0 Å². The van der Waals surface area contributed by atoms with E-state index in [1.165, 1.54) is 0 Å². The Hall–Kier alpha value is -0.980. The first-order valence-corrected chi connectivity index (χ1v) is 9.11. The van der Waals surface area contributed by atoms with Crippen LogP contribution in [0, 0.1) is 12.8 Å². The van der Waals surface area contributed by atoms with E-state index >= 15 is 0 Å². The molecule has 0 aromatic heterocycles. The van der Waals surface area contributed by atoms with Gasteiger partial charge in [-0.1, -0.05) is 31.6 Å². The molecule has 21 heavy (non-hydrogen) atoms. The van der Waals surface area contributed by atoms with Crippen molar-refractivity contribution in [2.45, 2.75) is 38.0 Å². The van der Waals surface area contributed by atoms with Crippen molar-refractivity contribution in [3.63, 3.8) is 0 Å². The maximum Gasteiger partial charge on any atom is 0.243 e. The zero-order valence-corrected chi connectivity index (χ0v) is 14.1. The van der Waals surface area contributed by atoms with Gasteiger partial charge < -0.3 is 5.73 Å². The molecule has 0 bridgehead atoms. The van der Waals surface area contributed by atoms with E-state index in [2.05, 4.69) is 6.92 Å². The van der Waals surface area contributed by atoms with Crippen LogP contribution in [0.2, 0.25) is 0 Å². The SMILES string of the molecule is CCC1CCCN(S(=O)(=O)c2ccc(C(N)=S)c(C)c2)C1. The molecule has 1 aromatic rings. The first-order chi connectivity index (χ1) is 9.86. The van der Waals surface area contributed by atoms with Gasteiger partial charge in [0.1, 0.15) is 4.99 Å². The van der Waals surface area contributed by atoms with Crippen molar-refractivity contribution in [1.29, 1.82) is 0 Å². The summed E-state index contributed by atoms with van der Waals surface area (Å²) in [5, 5.41) is 0. The first kappa shape index (κ1) is 16.4. The fraction of sp³-hybridized carbons (Fsp3) is 0.533. The van der Waals surface area contributed by atoms with Gasteiger partial charge in [0.05, 0.1) is 4.90 Å². The molecule has 1 unspecified atom stereocenters. The van der Waals surface area contributed by atoms with Gasteiger partial charge in [-0.15, -0.1) is 0 Å². The second kappa shape index (κ2) is 6.42. The largest absolute Gasteiger partial charge is 0.389 e. The van der Waals surface area contributed by atoms with Crippen LogP contribution < -0.4 is 5.73 Å². The highest BCUT2D eigenvalue weighted by molar-refractivity contribution is 7.89. The fourth-order valence-corrected chi connectivity index (χ4v) is 4.67. The van der Waals surface area contributed by atoms with Crippen LogP contribution in [0.25, 0.3) is 0 Å². The number of hydrogen-bond acceptors (Lipinski definition) is 3. The molecule has 2 N–H and O–H groups in total. The molecular formula is C15H22N2O2S2. The van der Waals surface area contributed by atoms with Gasteiger partial charge in [-0.05, 0) is 43.4 Å². The minimum atomic E-state index is -3.42. The summed E-state index contributed by atoms with van der Waals surface area (Å²) in [7, 11) is -3.42. The summed E-state index contributed by atoms with van der Waals surface area (Å²) in [6.07, 6.45) is 3.06. The second-order valence-corrected chi connectivity index (χ2v) is 8.00. The number of nitrogens with two attached hydrogens (primary N) is 1. The van der Waals surface area contributed by atoms with Crippen molar-refractivity contribution in [1.82, 2.24) is 4.31 Å². The molecule has 1 heterocycles. The summed E-state index contributed by atoms with van der Waals surface area (Å²) in [5.41, 5.74) is 7.15. The molecule has 1 atom stereocenters. The molecule has 1 aliphatic heterocycles. The zero-order valence-electron chi connectivity index (χ0n) is 12.5. The van der Waals surface area contributed by atoms with E-state index in [4.69, 9.17) is 18.0 Å². The number of aryl methyl sites for hydroxylation is 1. The third-order valence-electron chi connectivity index (χ3n) is 4.16. The van der Waals surface area contributed by atoms with Crippen molar-refractivity contribution < 1.29 is 8.42 Å². The third-order valence-corrected chi connectivity index (χ3v) is 6.24. The zero-order chi connectivity index (χ0) is 15.6. The van der Waals surface area contributed by atoms with Crippen LogP contribution >= 0.6 is 12.2 Å². The lowest BCUT2D eigenvalue weighted by molar-refractivity contribution is 0.261. The Morgan fingerprint density at radius 2 is 2.19 bits per heavy atom. The molecule has 116 valence electrons. The van der Waals surface area contributed by atoms with Gasteiger partial charge in [0, 0.05) is 18.7 Å². The lowest BCUT2D eigenvalue weighted by Gasteiger charge is -2.31. The quantitative estimate of drug-likeness (QED) is 0.863. The third kappa shape index (κ3) is 3.44. The van der Waals surface area contributed by atoms with Crippen LogP contribution in [0.3, 0.4) is 0 Å². The van der Waals surface area contributed by atoms with E-state index in [1.807, 2.05) is 6.92 Å². The summed E-state index contributed by atoms with van der Waals surface area (Å²) >= 11 is 4.96. The predicted molar refractivity (Wildman–Crippen MR) is 88.8 cm³/mol. The van der Waals surface area contributed by atoms with Crippen LogP contribution in [0.4, 0.5) is 0 Å². The van der Waals surface area contributed by atoms with Crippen LogP contribution in [0.5, 0.6) is 0 Å². The molecule has 0 saturated carbocycles. The van der Waals surface area contributed by atoms with Crippen LogP contribution in [-0.4, -0.2) is 30.8 Å².